The van der Waals surface area contributed by atoms with E-state index in [-0.39, 0.29) is 5.91 Å². The molecular weight excluding hydrogens is 234 g/mol. The molecule has 0 saturated heterocycles. The zero-order chi connectivity index (χ0) is 12.1. The topological polar surface area (TPSA) is 68.0 Å². The second kappa shape index (κ2) is 6.12. The lowest BCUT2D eigenvalue weighted by molar-refractivity contribution is 0.0948. The molecule has 0 bridgehead atoms. The maximum absolute atomic E-state index is 11.7. The highest BCUT2D eigenvalue weighted by molar-refractivity contribution is 7.09. The number of thiazole rings is 1. The molecular formula is C12H19N3OS. The number of carbonyl (C=O) groups is 1. The molecule has 3 N–H and O–H groups in total. The van der Waals surface area contributed by atoms with E-state index in [9.17, 15) is 4.79 Å². The molecule has 1 aromatic heterocycles. The number of aromatic nitrogens is 1. The summed E-state index contributed by atoms with van der Waals surface area (Å²) in [5.41, 5.74) is 5.98. The summed E-state index contributed by atoms with van der Waals surface area (Å²) < 4.78 is 0. The number of carbonyl (C=O) groups excluding carboxylic acids is 1. The molecule has 0 unspecified atom stereocenters. The van der Waals surface area contributed by atoms with Gasteiger partial charge in [-0.25, -0.2) is 4.98 Å². The van der Waals surface area contributed by atoms with Crippen LogP contribution in [0.4, 0.5) is 0 Å². The summed E-state index contributed by atoms with van der Waals surface area (Å²) in [4.78, 5) is 16.0. The van der Waals surface area contributed by atoms with Crippen LogP contribution in [0.3, 0.4) is 0 Å². The minimum absolute atomic E-state index is 0.0553. The van der Waals surface area contributed by atoms with E-state index in [4.69, 9.17) is 5.73 Å². The van der Waals surface area contributed by atoms with E-state index in [2.05, 4.69) is 10.3 Å². The van der Waals surface area contributed by atoms with Crippen molar-refractivity contribution in [2.45, 2.75) is 32.1 Å². The summed E-state index contributed by atoms with van der Waals surface area (Å²) in [5.74, 6) is 0.877. The fraction of sp³-hybridized carbons (Fsp3) is 0.667. The highest BCUT2D eigenvalue weighted by atomic mass is 32.1. The molecule has 0 aromatic carbocycles. The first kappa shape index (κ1) is 12.5. The zero-order valence-corrected chi connectivity index (χ0v) is 10.8. The highest BCUT2D eigenvalue weighted by Gasteiger charge is 2.20. The van der Waals surface area contributed by atoms with E-state index in [0.29, 0.717) is 12.2 Å². The van der Waals surface area contributed by atoms with Gasteiger partial charge in [0.15, 0.2) is 0 Å². The summed E-state index contributed by atoms with van der Waals surface area (Å²) in [6.07, 6.45) is 5.83. The van der Waals surface area contributed by atoms with Crippen molar-refractivity contribution in [2.75, 3.05) is 13.1 Å². The number of hydrogen-bond donors (Lipinski definition) is 2. The molecule has 1 amide bonds. The molecule has 1 saturated carbocycles. The Hall–Kier alpha value is -0.940. The second-order valence-corrected chi connectivity index (χ2v) is 5.45. The average Bonchev–Trinajstić information content (AvgIpc) is 3.03. The van der Waals surface area contributed by atoms with Gasteiger partial charge in [-0.2, -0.15) is 0 Å². The van der Waals surface area contributed by atoms with E-state index >= 15 is 0 Å². The first-order valence-corrected chi connectivity index (χ1v) is 7.10. The van der Waals surface area contributed by atoms with Gasteiger partial charge in [-0.05, 0) is 25.3 Å². The van der Waals surface area contributed by atoms with Crippen molar-refractivity contribution in [2.24, 2.45) is 11.7 Å². The maximum atomic E-state index is 11.7. The Morgan fingerprint density at radius 1 is 1.59 bits per heavy atom. The van der Waals surface area contributed by atoms with Crippen LogP contribution in [0.2, 0.25) is 0 Å². The Morgan fingerprint density at radius 3 is 3.12 bits per heavy atom. The number of nitrogens with one attached hydrogen (secondary N) is 1. The van der Waals surface area contributed by atoms with Crippen molar-refractivity contribution in [3.05, 3.63) is 16.1 Å². The molecule has 94 valence electrons. The predicted octanol–water partition coefficient (Wildman–Crippen LogP) is 1.56. The molecule has 0 atom stereocenters. The molecule has 2 rings (SSSR count). The smallest absolute Gasteiger partial charge is 0.270 e. The van der Waals surface area contributed by atoms with Crippen molar-refractivity contribution in [1.82, 2.24) is 10.3 Å². The van der Waals surface area contributed by atoms with Crippen LogP contribution in [0.15, 0.2) is 5.38 Å². The van der Waals surface area contributed by atoms with Crippen LogP contribution in [0, 0.1) is 5.92 Å². The van der Waals surface area contributed by atoms with Gasteiger partial charge in [0.1, 0.15) is 5.69 Å². The van der Waals surface area contributed by atoms with E-state index in [1.807, 2.05) is 0 Å². The quantitative estimate of drug-likeness (QED) is 0.725. The van der Waals surface area contributed by atoms with Crippen molar-refractivity contribution in [1.29, 1.82) is 0 Å². The molecule has 5 heteroatoms. The number of nitrogens with two attached hydrogens (primary N) is 1. The van der Waals surface area contributed by atoms with Gasteiger partial charge in [-0.3, -0.25) is 4.79 Å². The Balaban J connectivity index is 1.69. The molecule has 1 fully saturated rings. The van der Waals surface area contributed by atoms with Crippen LogP contribution in [-0.4, -0.2) is 24.0 Å². The van der Waals surface area contributed by atoms with E-state index in [1.165, 1.54) is 30.6 Å². The third-order valence-electron chi connectivity index (χ3n) is 2.91. The lowest BCUT2D eigenvalue weighted by atomic mass is 10.2. The molecule has 0 aliphatic heterocycles. The van der Waals surface area contributed by atoms with Gasteiger partial charge in [0.05, 0.1) is 5.01 Å². The fourth-order valence-electron chi connectivity index (χ4n) is 1.74. The van der Waals surface area contributed by atoms with Crippen molar-refractivity contribution >= 4 is 17.2 Å². The maximum Gasteiger partial charge on any atom is 0.270 e. The van der Waals surface area contributed by atoms with Crippen LogP contribution >= 0.6 is 11.3 Å². The molecule has 1 aromatic rings. The second-order valence-electron chi connectivity index (χ2n) is 4.51. The largest absolute Gasteiger partial charge is 0.351 e. The number of hydrogen-bond acceptors (Lipinski definition) is 4. The lowest BCUT2D eigenvalue weighted by Gasteiger charge is -2.02. The van der Waals surface area contributed by atoms with E-state index in [1.54, 1.807) is 5.38 Å². The summed E-state index contributed by atoms with van der Waals surface area (Å²) in [6.45, 7) is 1.34. The molecule has 4 nitrogen and oxygen atoms in total. The average molecular weight is 253 g/mol. The Bertz CT molecular complexity index is 374. The minimum atomic E-state index is -0.0553. The predicted molar refractivity (Wildman–Crippen MR) is 69.2 cm³/mol. The van der Waals surface area contributed by atoms with Gasteiger partial charge in [0.2, 0.25) is 0 Å². The molecule has 0 spiro atoms. The van der Waals surface area contributed by atoms with Crippen molar-refractivity contribution in [3.8, 4) is 0 Å². The van der Waals surface area contributed by atoms with Gasteiger partial charge in [0.25, 0.3) is 5.91 Å². The number of amides is 1. The fourth-order valence-corrected chi connectivity index (χ4v) is 2.54. The first-order valence-electron chi connectivity index (χ1n) is 6.22. The van der Waals surface area contributed by atoms with Gasteiger partial charge in [0, 0.05) is 18.3 Å². The van der Waals surface area contributed by atoms with Crippen LogP contribution in [0.25, 0.3) is 0 Å². The zero-order valence-electron chi connectivity index (χ0n) is 9.95. The molecule has 0 radical (unpaired) electrons. The summed E-state index contributed by atoms with van der Waals surface area (Å²) in [7, 11) is 0. The van der Waals surface area contributed by atoms with Crippen LogP contribution in [-0.2, 0) is 6.42 Å². The van der Waals surface area contributed by atoms with Crippen molar-refractivity contribution in [3.63, 3.8) is 0 Å². The van der Waals surface area contributed by atoms with Gasteiger partial charge < -0.3 is 11.1 Å². The Kier molecular flexibility index (Phi) is 4.50. The third kappa shape index (κ3) is 4.09. The third-order valence-corrected chi connectivity index (χ3v) is 3.82. The highest BCUT2D eigenvalue weighted by Crippen LogP contribution is 2.33. The standard InChI is InChI=1S/C12H19N3OS/c13-6-5-11-15-10(8-17-11)12(16)14-7-1-2-9-3-4-9/h8-9H,1-7,13H2,(H,14,16). The normalized spacial score (nSPS) is 14.9. The summed E-state index contributed by atoms with van der Waals surface area (Å²) in [6, 6.07) is 0. The van der Waals surface area contributed by atoms with Crippen LogP contribution < -0.4 is 11.1 Å². The lowest BCUT2D eigenvalue weighted by Crippen LogP contribution is -2.24. The summed E-state index contributed by atoms with van der Waals surface area (Å²) >= 11 is 1.50. The first-order chi connectivity index (χ1) is 8.29. The van der Waals surface area contributed by atoms with Gasteiger partial charge >= 0.3 is 0 Å². The Morgan fingerprint density at radius 2 is 2.41 bits per heavy atom. The van der Waals surface area contributed by atoms with Gasteiger partial charge in [-0.15, -0.1) is 11.3 Å². The monoisotopic (exact) mass is 253 g/mol. The number of rotatable bonds is 7. The molecule has 1 aliphatic carbocycles. The van der Waals surface area contributed by atoms with E-state index in [0.717, 1.165) is 30.3 Å². The SMILES string of the molecule is NCCc1nc(C(=O)NCCCC2CC2)cs1. The van der Waals surface area contributed by atoms with Gasteiger partial charge in [-0.1, -0.05) is 12.8 Å². The van der Waals surface area contributed by atoms with Crippen molar-refractivity contribution < 1.29 is 4.79 Å². The molecule has 17 heavy (non-hydrogen) atoms. The molecule has 1 aliphatic rings. The van der Waals surface area contributed by atoms with E-state index < -0.39 is 0 Å². The van der Waals surface area contributed by atoms with Crippen LogP contribution in [0.5, 0.6) is 0 Å². The molecule has 1 heterocycles. The summed E-state index contributed by atoms with van der Waals surface area (Å²) in [5, 5.41) is 5.66. The van der Waals surface area contributed by atoms with Crippen LogP contribution in [0.1, 0.15) is 41.2 Å². The Labute approximate surface area is 106 Å². The minimum Gasteiger partial charge on any atom is -0.351 e. The number of nitrogens with zero attached hydrogens (tertiary/aromatic N) is 1.